The zero-order valence-electron chi connectivity index (χ0n) is 18.2. The van der Waals surface area contributed by atoms with Crippen molar-refractivity contribution in [1.29, 1.82) is 0 Å². The average Bonchev–Trinajstić information content (AvgIpc) is 2.78. The number of nitrogens with one attached hydrogen (secondary N) is 1. The zero-order valence-corrected chi connectivity index (χ0v) is 18.2. The Kier molecular flexibility index (Phi) is 7.50. The molecule has 1 saturated heterocycles. The van der Waals surface area contributed by atoms with Gasteiger partial charge in [-0.3, -0.25) is 9.59 Å². The van der Waals surface area contributed by atoms with Gasteiger partial charge in [-0.1, -0.05) is 6.07 Å². The van der Waals surface area contributed by atoms with E-state index in [-0.39, 0.29) is 23.5 Å². The summed E-state index contributed by atoms with van der Waals surface area (Å²) < 4.78 is 23.9. The van der Waals surface area contributed by atoms with Crippen LogP contribution in [0.5, 0.6) is 11.5 Å². The first-order chi connectivity index (χ1) is 14.9. The van der Waals surface area contributed by atoms with Crippen molar-refractivity contribution < 1.29 is 23.5 Å². The number of carbonyl (C=O) groups is 2. The van der Waals surface area contributed by atoms with Crippen LogP contribution < -0.4 is 14.8 Å². The summed E-state index contributed by atoms with van der Waals surface area (Å²) in [5.41, 5.74) is 1.79. The number of carbonyl (C=O) groups excluding carboxylic acids is 2. The number of rotatable bonds is 7. The van der Waals surface area contributed by atoms with E-state index >= 15 is 0 Å². The largest absolute Gasteiger partial charge is 0.493 e. The normalized spacial score (nSPS) is 16.0. The molecule has 0 radical (unpaired) electrons. The third-order valence-corrected chi connectivity index (χ3v) is 5.68. The first-order valence-corrected chi connectivity index (χ1v) is 10.5. The van der Waals surface area contributed by atoms with Crippen LogP contribution in [0.25, 0.3) is 0 Å². The van der Waals surface area contributed by atoms with E-state index in [1.165, 1.54) is 19.2 Å². The summed E-state index contributed by atoms with van der Waals surface area (Å²) in [5.74, 6) is 0.685. The molecule has 0 bridgehead atoms. The first-order valence-electron chi connectivity index (χ1n) is 10.5. The number of aryl methyl sites for hydroxylation is 1. The van der Waals surface area contributed by atoms with E-state index < -0.39 is 0 Å². The molecular weight excluding hydrogens is 399 g/mol. The van der Waals surface area contributed by atoms with E-state index in [1.807, 2.05) is 4.90 Å². The molecule has 2 aromatic rings. The van der Waals surface area contributed by atoms with Gasteiger partial charge in [0.25, 0.3) is 5.91 Å². The van der Waals surface area contributed by atoms with E-state index in [2.05, 4.69) is 5.32 Å². The number of hydrogen-bond acceptors (Lipinski definition) is 4. The molecule has 1 aliphatic heterocycles. The molecule has 3 rings (SSSR count). The Morgan fingerprint density at radius 2 is 2.00 bits per heavy atom. The molecule has 0 aromatic heterocycles. The van der Waals surface area contributed by atoms with Crippen LogP contribution in [0.2, 0.25) is 0 Å². The van der Waals surface area contributed by atoms with Gasteiger partial charge >= 0.3 is 0 Å². The summed E-state index contributed by atoms with van der Waals surface area (Å²) in [4.78, 5) is 27.3. The Hall–Kier alpha value is -3.09. The lowest BCUT2D eigenvalue weighted by Gasteiger charge is -2.33. The van der Waals surface area contributed by atoms with E-state index in [0.29, 0.717) is 54.2 Å². The van der Waals surface area contributed by atoms with Crippen LogP contribution in [0.15, 0.2) is 36.4 Å². The maximum absolute atomic E-state index is 13.2. The van der Waals surface area contributed by atoms with Crippen LogP contribution >= 0.6 is 0 Å². The van der Waals surface area contributed by atoms with Gasteiger partial charge in [0.2, 0.25) is 5.91 Å². The molecule has 1 fully saturated rings. The average molecular weight is 429 g/mol. The van der Waals surface area contributed by atoms with Gasteiger partial charge in [0.15, 0.2) is 11.5 Å². The minimum atomic E-state index is -0.324. The summed E-state index contributed by atoms with van der Waals surface area (Å²) in [7, 11) is 3.07. The number of halogens is 1. The molecule has 0 spiro atoms. The number of nitrogens with zero attached hydrogens (tertiary/aromatic N) is 1. The number of likely N-dealkylation sites (tertiary alicyclic amines) is 1. The Bertz CT molecular complexity index is 947. The molecule has 6 nitrogen and oxygen atoms in total. The van der Waals surface area contributed by atoms with E-state index in [9.17, 15) is 14.0 Å². The van der Waals surface area contributed by atoms with Gasteiger partial charge < -0.3 is 19.7 Å². The predicted octanol–water partition coefficient (Wildman–Crippen LogP) is 4.42. The van der Waals surface area contributed by atoms with E-state index in [4.69, 9.17) is 9.47 Å². The quantitative estimate of drug-likeness (QED) is 0.709. The second kappa shape index (κ2) is 10.3. The predicted molar refractivity (Wildman–Crippen MR) is 117 cm³/mol. The van der Waals surface area contributed by atoms with Crippen LogP contribution in [0.1, 0.15) is 41.6 Å². The lowest BCUT2D eigenvalue weighted by Crippen LogP contribution is -2.40. The van der Waals surface area contributed by atoms with Crippen molar-refractivity contribution in [2.45, 2.75) is 32.6 Å². The van der Waals surface area contributed by atoms with Gasteiger partial charge in [-0.05, 0) is 68.0 Å². The molecule has 31 heavy (non-hydrogen) atoms. The van der Waals surface area contributed by atoms with E-state index in [0.717, 1.165) is 12.8 Å². The third-order valence-electron chi connectivity index (χ3n) is 5.68. The van der Waals surface area contributed by atoms with Crippen molar-refractivity contribution in [3.8, 4) is 11.5 Å². The highest BCUT2D eigenvalue weighted by atomic mass is 19.1. The number of amides is 2. The number of ether oxygens (including phenoxy) is 2. The molecule has 166 valence electrons. The van der Waals surface area contributed by atoms with Gasteiger partial charge in [-0.15, -0.1) is 0 Å². The first kappa shape index (κ1) is 22.6. The summed E-state index contributed by atoms with van der Waals surface area (Å²) in [5, 5.41) is 2.85. The highest BCUT2D eigenvalue weighted by Gasteiger charge is 2.27. The minimum Gasteiger partial charge on any atom is -0.493 e. The Morgan fingerprint density at radius 3 is 2.71 bits per heavy atom. The number of benzene rings is 2. The number of anilines is 1. The van der Waals surface area contributed by atoms with Crippen LogP contribution in [-0.4, -0.2) is 44.0 Å². The molecule has 7 heteroatoms. The topological polar surface area (TPSA) is 67.9 Å². The molecule has 2 amide bonds. The van der Waals surface area contributed by atoms with Gasteiger partial charge in [0.05, 0.1) is 19.8 Å². The van der Waals surface area contributed by atoms with Crippen molar-refractivity contribution in [3.63, 3.8) is 0 Å². The molecule has 1 atom stereocenters. The lowest BCUT2D eigenvalue weighted by molar-refractivity contribution is -0.116. The van der Waals surface area contributed by atoms with Crippen LogP contribution in [-0.2, 0) is 4.79 Å². The molecule has 1 N–H and O–H groups in total. The highest BCUT2D eigenvalue weighted by molar-refractivity contribution is 5.98. The summed E-state index contributed by atoms with van der Waals surface area (Å²) in [6.07, 6.45) is 2.90. The summed E-state index contributed by atoms with van der Waals surface area (Å²) in [6, 6.07) is 9.58. The van der Waals surface area contributed by atoms with Crippen LogP contribution in [0, 0.1) is 18.7 Å². The number of hydrogen-bond donors (Lipinski definition) is 1. The van der Waals surface area contributed by atoms with Crippen LogP contribution in [0.4, 0.5) is 10.1 Å². The third kappa shape index (κ3) is 5.54. The summed E-state index contributed by atoms with van der Waals surface area (Å²) in [6.45, 7) is 3.04. The number of piperidine rings is 1. The standard InChI is InChI=1S/C24H29FN2O4/c1-16-14-18(25)10-11-20(16)26-22(28)12-9-17-6-5-13-27(15-17)24(29)19-7-4-8-21(30-2)23(19)31-3/h4,7-8,10-11,14,17H,5-6,9,12-13,15H2,1-3H3,(H,26,28)/t17-/m0/s1. The fourth-order valence-electron chi connectivity index (χ4n) is 4.03. The fourth-order valence-corrected chi connectivity index (χ4v) is 4.03. The van der Waals surface area contributed by atoms with Gasteiger partial charge in [-0.25, -0.2) is 4.39 Å². The second-order valence-corrected chi connectivity index (χ2v) is 7.85. The summed E-state index contributed by atoms with van der Waals surface area (Å²) >= 11 is 0. The van der Waals surface area contributed by atoms with Gasteiger partial charge in [0.1, 0.15) is 5.82 Å². The van der Waals surface area contributed by atoms with Gasteiger partial charge in [0, 0.05) is 25.2 Å². The zero-order chi connectivity index (χ0) is 22.4. The molecule has 2 aromatic carbocycles. The van der Waals surface area contributed by atoms with Crippen LogP contribution in [0.3, 0.4) is 0 Å². The second-order valence-electron chi connectivity index (χ2n) is 7.85. The molecule has 0 aliphatic carbocycles. The maximum Gasteiger partial charge on any atom is 0.257 e. The minimum absolute atomic E-state index is 0.0909. The van der Waals surface area contributed by atoms with Crippen molar-refractivity contribution in [1.82, 2.24) is 4.90 Å². The SMILES string of the molecule is COc1cccc(C(=O)N2CCC[C@@H](CCC(=O)Nc3ccc(F)cc3C)C2)c1OC. The number of para-hydroxylation sites is 1. The van der Waals surface area contributed by atoms with Crippen molar-refractivity contribution in [2.75, 3.05) is 32.6 Å². The molecule has 0 unspecified atom stereocenters. The van der Waals surface area contributed by atoms with Crippen molar-refractivity contribution >= 4 is 17.5 Å². The van der Waals surface area contributed by atoms with E-state index in [1.54, 1.807) is 38.3 Å². The molecule has 0 saturated carbocycles. The molecular formula is C24H29FN2O4. The monoisotopic (exact) mass is 428 g/mol. The van der Waals surface area contributed by atoms with Crippen molar-refractivity contribution in [3.05, 3.63) is 53.3 Å². The number of methoxy groups -OCH3 is 2. The maximum atomic E-state index is 13.2. The molecule has 1 aliphatic rings. The highest BCUT2D eigenvalue weighted by Crippen LogP contribution is 2.32. The molecule has 1 heterocycles. The van der Waals surface area contributed by atoms with Crippen molar-refractivity contribution in [2.24, 2.45) is 5.92 Å². The Balaban J connectivity index is 1.58. The fraction of sp³-hybridized carbons (Fsp3) is 0.417. The smallest absolute Gasteiger partial charge is 0.257 e. The Labute approximate surface area is 182 Å². The lowest BCUT2D eigenvalue weighted by atomic mass is 9.92. The van der Waals surface area contributed by atoms with Gasteiger partial charge in [-0.2, -0.15) is 0 Å². The Morgan fingerprint density at radius 1 is 1.19 bits per heavy atom.